The van der Waals surface area contributed by atoms with Crippen LogP contribution in [0.3, 0.4) is 0 Å². The van der Waals surface area contributed by atoms with Crippen LogP contribution in [0.4, 0.5) is 0 Å². The molecule has 2 heteroatoms. The smallest absolute Gasteiger partial charge is 0.0930 e. The van der Waals surface area contributed by atoms with Crippen molar-refractivity contribution in [2.45, 2.75) is 45.2 Å². The number of quaternary nitrogens is 1. The number of rotatable bonds is 5. The SMILES string of the molecule is CC(CCC(C)(C)[N+](C)(C)C)N(C)C. The van der Waals surface area contributed by atoms with Gasteiger partial charge in [-0.15, -0.1) is 0 Å². The lowest BCUT2D eigenvalue weighted by Crippen LogP contribution is -2.53. The average molecular weight is 201 g/mol. The Morgan fingerprint density at radius 2 is 1.57 bits per heavy atom. The molecule has 0 spiro atoms. The normalized spacial score (nSPS) is 16.1. The standard InChI is InChI=1S/C12H29N2/c1-11(13(4)5)9-10-12(2,3)14(6,7)8/h11H,9-10H2,1-8H3/q+1. The molecule has 0 aliphatic carbocycles. The van der Waals surface area contributed by atoms with Gasteiger partial charge in [-0.2, -0.15) is 0 Å². The minimum Gasteiger partial charge on any atom is -0.327 e. The maximum absolute atomic E-state index is 2.36. The molecule has 0 N–H and O–H groups in total. The van der Waals surface area contributed by atoms with Crippen molar-refractivity contribution >= 4 is 0 Å². The molecule has 2 nitrogen and oxygen atoms in total. The molecular weight excluding hydrogens is 172 g/mol. The van der Waals surface area contributed by atoms with Crippen molar-refractivity contribution in [3.63, 3.8) is 0 Å². The van der Waals surface area contributed by atoms with E-state index in [4.69, 9.17) is 0 Å². The van der Waals surface area contributed by atoms with Crippen molar-refractivity contribution < 1.29 is 4.48 Å². The Bertz CT molecular complexity index is 166. The zero-order valence-electron chi connectivity index (χ0n) is 11.4. The largest absolute Gasteiger partial charge is 0.327 e. The van der Waals surface area contributed by atoms with E-state index in [2.05, 4.69) is 60.9 Å². The molecule has 1 unspecified atom stereocenters. The second-order valence-corrected chi connectivity index (χ2v) is 6.18. The fraction of sp³-hybridized carbons (Fsp3) is 1.00. The summed E-state index contributed by atoms with van der Waals surface area (Å²) in [6.07, 6.45) is 2.55. The number of nitrogens with zero attached hydrogens (tertiary/aromatic N) is 2. The maximum Gasteiger partial charge on any atom is 0.0930 e. The van der Waals surface area contributed by atoms with Gasteiger partial charge in [-0.25, -0.2) is 0 Å². The first-order valence-electron chi connectivity index (χ1n) is 5.56. The van der Waals surface area contributed by atoms with Crippen molar-refractivity contribution in [1.29, 1.82) is 0 Å². The molecule has 0 aliphatic rings. The molecule has 0 aliphatic heterocycles. The summed E-state index contributed by atoms with van der Waals surface area (Å²) in [7, 11) is 11.1. The predicted octanol–water partition coefficient (Wildman–Crippen LogP) is 2.20. The van der Waals surface area contributed by atoms with Crippen LogP contribution in [0.5, 0.6) is 0 Å². The third-order valence-corrected chi connectivity index (χ3v) is 3.87. The van der Waals surface area contributed by atoms with Crippen LogP contribution in [0, 0.1) is 0 Å². The highest BCUT2D eigenvalue weighted by atomic mass is 15.3. The molecule has 0 amide bonds. The van der Waals surface area contributed by atoms with Gasteiger partial charge in [0.15, 0.2) is 0 Å². The third kappa shape index (κ3) is 3.97. The fourth-order valence-corrected chi connectivity index (χ4v) is 1.16. The highest BCUT2D eigenvalue weighted by molar-refractivity contribution is 4.72. The molecule has 0 aromatic carbocycles. The van der Waals surface area contributed by atoms with E-state index in [1.807, 2.05) is 0 Å². The van der Waals surface area contributed by atoms with Gasteiger partial charge >= 0.3 is 0 Å². The van der Waals surface area contributed by atoms with Crippen LogP contribution in [-0.2, 0) is 0 Å². The molecule has 14 heavy (non-hydrogen) atoms. The summed E-state index contributed by atoms with van der Waals surface area (Å²) in [5.41, 5.74) is 0.365. The Labute approximate surface area is 90.5 Å². The lowest BCUT2D eigenvalue weighted by molar-refractivity contribution is -0.920. The fourth-order valence-electron chi connectivity index (χ4n) is 1.16. The molecule has 0 heterocycles. The van der Waals surface area contributed by atoms with Crippen LogP contribution in [-0.4, -0.2) is 56.2 Å². The van der Waals surface area contributed by atoms with E-state index in [0.717, 1.165) is 4.48 Å². The quantitative estimate of drug-likeness (QED) is 0.616. The molecule has 0 radical (unpaired) electrons. The van der Waals surface area contributed by atoms with E-state index in [1.165, 1.54) is 12.8 Å². The van der Waals surface area contributed by atoms with Crippen molar-refractivity contribution in [3.8, 4) is 0 Å². The third-order valence-electron chi connectivity index (χ3n) is 3.87. The summed E-state index contributed by atoms with van der Waals surface area (Å²) in [6, 6.07) is 0.681. The Morgan fingerprint density at radius 1 is 1.14 bits per heavy atom. The van der Waals surface area contributed by atoms with Crippen LogP contribution < -0.4 is 0 Å². The Morgan fingerprint density at radius 3 is 1.86 bits per heavy atom. The topological polar surface area (TPSA) is 3.24 Å². The summed E-state index contributed by atoms with van der Waals surface area (Å²) in [5, 5.41) is 0. The molecule has 0 aromatic heterocycles. The minimum absolute atomic E-state index is 0.365. The van der Waals surface area contributed by atoms with Crippen LogP contribution in [0.2, 0.25) is 0 Å². The van der Waals surface area contributed by atoms with Gasteiger partial charge in [0.1, 0.15) is 0 Å². The first-order chi connectivity index (χ1) is 6.08. The van der Waals surface area contributed by atoms with Crippen molar-refractivity contribution in [3.05, 3.63) is 0 Å². The van der Waals surface area contributed by atoms with Crippen molar-refractivity contribution in [2.24, 2.45) is 0 Å². The van der Waals surface area contributed by atoms with Crippen LogP contribution in [0.15, 0.2) is 0 Å². The van der Waals surface area contributed by atoms with Crippen LogP contribution in [0.25, 0.3) is 0 Å². The molecule has 0 fully saturated rings. The minimum atomic E-state index is 0.365. The second-order valence-electron chi connectivity index (χ2n) is 6.18. The maximum atomic E-state index is 2.36. The zero-order valence-corrected chi connectivity index (χ0v) is 11.4. The van der Waals surface area contributed by atoms with Crippen molar-refractivity contribution in [2.75, 3.05) is 35.2 Å². The molecule has 0 aromatic rings. The van der Waals surface area contributed by atoms with E-state index < -0.39 is 0 Å². The Kier molecular flexibility index (Phi) is 4.60. The van der Waals surface area contributed by atoms with E-state index in [9.17, 15) is 0 Å². The molecule has 0 rings (SSSR count). The molecule has 0 saturated carbocycles. The van der Waals surface area contributed by atoms with E-state index in [0.29, 0.717) is 11.6 Å². The molecule has 0 saturated heterocycles. The van der Waals surface area contributed by atoms with E-state index in [1.54, 1.807) is 0 Å². The summed E-state index contributed by atoms with van der Waals surface area (Å²) < 4.78 is 1.03. The predicted molar refractivity (Wildman–Crippen MR) is 64.5 cm³/mol. The van der Waals surface area contributed by atoms with Crippen molar-refractivity contribution in [1.82, 2.24) is 4.90 Å². The first-order valence-corrected chi connectivity index (χ1v) is 5.56. The summed E-state index contributed by atoms with van der Waals surface area (Å²) in [5.74, 6) is 0. The zero-order chi connectivity index (χ0) is 11.6. The monoisotopic (exact) mass is 201 g/mol. The van der Waals surface area contributed by atoms with Gasteiger partial charge in [0.25, 0.3) is 0 Å². The average Bonchev–Trinajstić information content (AvgIpc) is 1.97. The molecule has 86 valence electrons. The first kappa shape index (κ1) is 13.9. The Hall–Kier alpha value is -0.0800. The van der Waals surface area contributed by atoms with Gasteiger partial charge < -0.3 is 9.38 Å². The van der Waals surface area contributed by atoms with Gasteiger partial charge in [0.2, 0.25) is 0 Å². The van der Waals surface area contributed by atoms with E-state index in [-0.39, 0.29) is 0 Å². The second kappa shape index (κ2) is 4.63. The van der Waals surface area contributed by atoms with Crippen LogP contribution >= 0.6 is 0 Å². The van der Waals surface area contributed by atoms with E-state index >= 15 is 0 Å². The Balaban J connectivity index is 4.13. The lowest BCUT2D eigenvalue weighted by atomic mass is 9.92. The van der Waals surface area contributed by atoms with Gasteiger partial charge in [-0.3, -0.25) is 0 Å². The number of hydrogen-bond donors (Lipinski definition) is 0. The van der Waals surface area contributed by atoms with Gasteiger partial charge in [0.05, 0.1) is 26.7 Å². The highest BCUT2D eigenvalue weighted by Crippen LogP contribution is 2.24. The van der Waals surface area contributed by atoms with Gasteiger partial charge in [0, 0.05) is 12.5 Å². The molecule has 0 bridgehead atoms. The van der Waals surface area contributed by atoms with Crippen LogP contribution in [0.1, 0.15) is 33.6 Å². The van der Waals surface area contributed by atoms with Gasteiger partial charge in [-0.05, 0) is 41.3 Å². The summed E-state index contributed by atoms with van der Waals surface area (Å²) in [6.45, 7) is 7.01. The highest BCUT2D eigenvalue weighted by Gasteiger charge is 2.32. The lowest BCUT2D eigenvalue weighted by Gasteiger charge is -2.42. The summed E-state index contributed by atoms with van der Waals surface area (Å²) in [4.78, 5) is 2.30. The summed E-state index contributed by atoms with van der Waals surface area (Å²) >= 11 is 0. The molecule has 1 atom stereocenters. The molecular formula is C12H29N2+. The van der Waals surface area contributed by atoms with Gasteiger partial charge in [-0.1, -0.05) is 0 Å². The number of hydrogen-bond acceptors (Lipinski definition) is 1.